The molecule has 0 unspecified atom stereocenters. The molecule has 30 heavy (non-hydrogen) atoms. The number of nitrogens with zero attached hydrogens (tertiary/aromatic N) is 3. The van der Waals surface area contributed by atoms with Gasteiger partial charge in [0.05, 0.1) is 5.69 Å². The third kappa shape index (κ3) is 4.17. The number of amides is 2. The summed E-state index contributed by atoms with van der Waals surface area (Å²) in [4.78, 5) is 21.4. The fourth-order valence-corrected chi connectivity index (χ4v) is 3.22. The van der Waals surface area contributed by atoms with Gasteiger partial charge >= 0.3 is 6.03 Å². The minimum atomic E-state index is -0.282. The topological polar surface area (TPSA) is 71.3 Å². The van der Waals surface area contributed by atoms with Crippen molar-refractivity contribution in [3.63, 3.8) is 0 Å². The van der Waals surface area contributed by atoms with E-state index in [2.05, 4.69) is 41.4 Å². The van der Waals surface area contributed by atoms with Crippen molar-refractivity contribution < 1.29 is 4.79 Å². The average molecular weight is 399 g/mol. The Balaban J connectivity index is 1.51. The maximum Gasteiger partial charge on any atom is 0.323 e. The first-order valence-electron chi connectivity index (χ1n) is 9.89. The molecule has 4 rings (SSSR count). The van der Waals surface area contributed by atoms with Crippen LogP contribution in [0.3, 0.4) is 0 Å². The van der Waals surface area contributed by atoms with E-state index in [-0.39, 0.29) is 11.4 Å². The summed E-state index contributed by atoms with van der Waals surface area (Å²) in [6, 6.07) is 15.4. The van der Waals surface area contributed by atoms with E-state index in [4.69, 9.17) is 0 Å². The predicted octanol–water partition coefficient (Wildman–Crippen LogP) is 5.65. The number of urea groups is 1. The van der Waals surface area contributed by atoms with Gasteiger partial charge in [-0.05, 0) is 47.7 Å². The first-order chi connectivity index (χ1) is 14.3. The molecule has 0 bridgehead atoms. The monoisotopic (exact) mass is 399 g/mol. The molecule has 2 heterocycles. The van der Waals surface area contributed by atoms with Crippen LogP contribution in [0.15, 0.2) is 67.1 Å². The van der Waals surface area contributed by atoms with Crippen LogP contribution in [0.1, 0.15) is 31.9 Å². The van der Waals surface area contributed by atoms with Crippen LogP contribution in [0.5, 0.6) is 0 Å². The van der Waals surface area contributed by atoms with Gasteiger partial charge in [-0.2, -0.15) is 0 Å². The first-order valence-corrected chi connectivity index (χ1v) is 9.89. The molecule has 6 nitrogen and oxygen atoms in total. The molecule has 2 amide bonds. The lowest BCUT2D eigenvalue weighted by molar-refractivity contribution is 0.262. The van der Waals surface area contributed by atoms with Crippen molar-refractivity contribution in [2.45, 2.75) is 33.1 Å². The number of hydrogen-bond donors (Lipinski definition) is 2. The van der Waals surface area contributed by atoms with Crippen molar-refractivity contribution in [2.75, 3.05) is 10.6 Å². The Labute approximate surface area is 176 Å². The number of hydrogen-bond acceptors (Lipinski definition) is 3. The summed E-state index contributed by atoms with van der Waals surface area (Å²) in [5, 5.41) is 5.84. The van der Waals surface area contributed by atoms with Crippen LogP contribution in [-0.2, 0) is 5.41 Å². The minimum Gasteiger partial charge on any atom is -0.308 e. The number of anilines is 2. The lowest BCUT2D eigenvalue weighted by Crippen LogP contribution is -2.20. The maximum atomic E-state index is 12.6. The molecule has 0 atom stereocenters. The molecule has 152 valence electrons. The van der Waals surface area contributed by atoms with E-state index in [0.717, 1.165) is 28.2 Å². The standard InChI is InChI=1S/C24H25N5O/c1-16-6-7-17(21-15-29-13-5-12-25-22(29)27-21)14-20(16)28-23(30)26-19-10-8-18(9-11-19)24(2,3)4/h5-15H,1-4H3,(H2,26,28,30). The van der Waals surface area contributed by atoms with Crippen LogP contribution in [0.25, 0.3) is 17.0 Å². The Morgan fingerprint density at radius 3 is 2.50 bits per heavy atom. The smallest absolute Gasteiger partial charge is 0.308 e. The van der Waals surface area contributed by atoms with Gasteiger partial charge in [-0.3, -0.25) is 4.40 Å². The van der Waals surface area contributed by atoms with Gasteiger partial charge in [0.15, 0.2) is 0 Å². The Kier molecular flexibility index (Phi) is 4.99. The molecule has 0 aliphatic carbocycles. The molecule has 0 saturated carbocycles. The van der Waals surface area contributed by atoms with Gasteiger partial charge in [0.25, 0.3) is 0 Å². The van der Waals surface area contributed by atoms with Crippen LogP contribution >= 0.6 is 0 Å². The fourth-order valence-electron chi connectivity index (χ4n) is 3.22. The van der Waals surface area contributed by atoms with E-state index in [1.807, 2.05) is 72.2 Å². The molecular weight excluding hydrogens is 374 g/mol. The molecule has 0 aliphatic heterocycles. The number of aromatic nitrogens is 3. The second-order valence-electron chi connectivity index (χ2n) is 8.39. The molecular formula is C24H25N5O. The highest BCUT2D eigenvalue weighted by Gasteiger charge is 2.14. The molecule has 4 aromatic rings. The van der Waals surface area contributed by atoms with E-state index < -0.39 is 0 Å². The van der Waals surface area contributed by atoms with Crippen molar-refractivity contribution in [1.29, 1.82) is 0 Å². The summed E-state index contributed by atoms with van der Waals surface area (Å²) in [6.45, 7) is 8.45. The van der Waals surface area contributed by atoms with Gasteiger partial charge in [-0.25, -0.2) is 14.8 Å². The number of aryl methyl sites for hydroxylation is 1. The van der Waals surface area contributed by atoms with Gasteiger partial charge < -0.3 is 10.6 Å². The number of fused-ring (bicyclic) bond motifs is 1. The molecule has 6 heteroatoms. The van der Waals surface area contributed by atoms with Crippen molar-refractivity contribution in [1.82, 2.24) is 14.4 Å². The lowest BCUT2D eigenvalue weighted by Gasteiger charge is -2.19. The molecule has 2 N–H and O–H groups in total. The highest BCUT2D eigenvalue weighted by molar-refractivity contribution is 6.00. The summed E-state index contributed by atoms with van der Waals surface area (Å²) in [5.74, 6) is 0.638. The zero-order chi connectivity index (χ0) is 21.3. The number of benzene rings is 2. The summed E-state index contributed by atoms with van der Waals surface area (Å²) < 4.78 is 1.87. The molecule has 0 fully saturated rings. The molecule has 0 spiro atoms. The Morgan fingerprint density at radius 2 is 1.80 bits per heavy atom. The zero-order valence-electron chi connectivity index (χ0n) is 17.6. The number of imidazole rings is 1. The van der Waals surface area contributed by atoms with Gasteiger partial charge in [-0.15, -0.1) is 0 Å². The lowest BCUT2D eigenvalue weighted by atomic mass is 9.87. The average Bonchev–Trinajstić information content (AvgIpc) is 3.13. The van der Waals surface area contributed by atoms with Gasteiger partial charge in [0, 0.05) is 35.5 Å². The highest BCUT2D eigenvalue weighted by atomic mass is 16.2. The summed E-state index contributed by atoms with van der Waals surface area (Å²) in [7, 11) is 0. The Hall–Kier alpha value is -3.67. The molecule has 0 aliphatic rings. The third-order valence-corrected chi connectivity index (χ3v) is 5.03. The van der Waals surface area contributed by atoms with E-state index in [9.17, 15) is 4.79 Å². The summed E-state index contributed by atoms with van der Waals surface area (Å²) in [6.07, 6.45) is 5.55. The second-order valence-corrected chi connectivity index (χ2v) is 8.39. The van der Waals surface area contributed by atoms with Crippen molar-refractivity contribution in [3.8, 4) is 11.3 Å². The van der Waals surface area contributed by atoms with Crippen molar-refractivity contribution in [3.05, 3.63) is 78.2 Å². The highest BCUT2D eigenvalue weighted by Crippen LogP contribution is 2.26. The second kappa shape index (κ2) is 7.63. The van der Waals surface area contributed by atoms with E-state index in [1.165, 1.54) is 5.56 Å². The third-order valence-electron chi connectivity index (χ3n) is 5.03. The fraction of sp³-hybridized carbons (Fsp3) is 0.208. The molecule has 2 aromatic carbocycles. The summed E-state index contributed by atoms with van der Waals surface area (Å²) >= 11 is 0. The van der Waals surface area contributed by atoms with Crippen LogP contribution in [0.2, 0.25) is 0 Å². The van der Waals surface area contributed by atoms with Crippen LogP contribution < -0.4 is 10.6 Å². The van der Waals surface area contributed by atoms with Crippen LogP contribution in [0.4, 0.5) is 16.2 Å². The maximum absolute atomic E-state index is 12.6. The molecule has 0 saturated heterocycles. The van der Waals surface area contributed by atoms with Crippen LogP contribution in [0, 0.1) is 6.92 Å². The number of carbonyl (C=O) groups excluding carboxylic acids is 1. The van der Waals surface area contributed by atoms with Crippen molar-refractivity contribution >= 4 is 23.2 Å². The van der Waals surface area contributed by atoms with E-state index >= 15 is 0 Å². The van der Waals surface area contributed by atoms with Crippen LogP contribution in [-0.4, -0.2) is 20.4 Å². The normalized spacial score (nSPS) is 11.5. The Bertz CT molecular complexity index is 1170. The number of rotatable bonds is 3. The zero-order valence-corrected chi connectivity index (χ0v) is 17.6. The van der Waals surface area contributed by atoms with Gasteiger partial charge in [-0.1, -0.05) is 45.0 Å². The molecule has 2 aromatic heterocycles. The predicted molar refractivity (Wildman–Crippen MR) is 121 cm³/mol. The molecule has 0 radical (unpaired) electrons. The van der Waals surface area contributed by atoms with E-state index in [0.29, 0.717) is 5.78 Å². The van der Waals surface area contributed by atoms with Crippen molar-refractivity contribution in [2.24, 2.45) is 0 Å². The van der Waals surface area contributed by atoms with E-state index in [1.54, 1.807) is 6.20 Å². The Morgan fingerprint density at radius 1 is 1.03 bits per heavy atom. The van der Waals surface area contributed by atoms with Gasteiger partial charge in [0.2, 0.25) is 5.78 Å². The van der Waals surface area contributed by atoms with Gasteiger partial charge in [0.1, 0.15) is 0 Å². The minimum absolute atomic E-state index is 0.0752. The number of carbonyl (C=O) groups is 1. The first kappa shape index (κ1) is 19.6. The quantitative estimate of drug-likeness (QED) is 0.468. The summed E-state index contributed by atoms with van der Waals surface area (Å²) in [5.41, 5.74) is 5.47. The number of nitrogens with one attached hydrogen (secondary N) is 2. The SMILES string of the molecule is Cc1ccc(-c2cn3cccnc3n2)cc1NC(=O)Nc1ccc(C(C)(C)C)cc1. The largest absolute Gasteiger partial charge is 0.323 e.